The lowest BCUT2D eigenvalue weighted by Gasteiger charge is -2.31. The van der Waals surface area contributed by atoms with E-state index in [4.69, 9.17) is 92.2 Å². The minimum absolute atomic E-state index is 0.0164. The maximum Gasteiger partial charge on any atom is 0.184 e. The Morgan fingerprint density at radius 3 is 1.34 bits per heavy atom. The Morgan fingerprint density at radius 1 is 0.477 bits per heavy atom. The van der Waals surface area contributed by atoms with E-state index in [-0.39, 0.29) is 43.6 Å². The van der Waals surface area contributed by atoms with Gasteiger partial charge in [-0.1, -0.05) is 76.2 Å². The van der Waals surface area contributed by atoms with E-state index in [2.05, 4.69) is 34.9 Å². The van der Waals surface area contributed by atoms with Gasteiger partial charge in [-0.3, -0.25) is 0 Å². The van der Waals surface area contributed by atoms with Crippen LogP contribution in [-0.4, -0.2) is 161 Å². The van der Waals surface area contributed by atoms with Crippen LogP contribution in [0.15, 0.2) is 92.2 Å². The van der Waals surface area contributed by atoms with Gasteiger partial charge in [0, 0.05) is 33.7 Å². The lowest BCUT2D eigenvalue weighted by Crippen LogP contribution is -2.37. The smallest absolute Gasteiger partial charge is 0.184 e. The zero-order valence-electron chi connectivity index (χ0n) is 45.3. The van der Waals surface area contributed by atoms with E-state index in [1.54, 1.807) is 18.2 Å². The molecule has 0 saturated carbocycles. The number of halogens is 8. The molecule has 88 heavy (non-hydrogen) atoms. The van der Waals surface area contributed by atoms with Gasteiger partial charge >= 0.3 is 0 Å². The molecule has 31 heteroatoms. The van der Waals surface area contributed by atoms with Gasteiger partial charge in [-0.05, 0) is 89.0 Å². The largest absolute Gasteiger partial charge is 0.387 e. The molecule has 464 valence electrons. The molecule has 0 radical (unpaired) electrons. The molecule has 15 atom stereocenters. The molecule has 0 spiro atoms. The lowest BCUT2D eigenvalue weighted by atomic mass is 9.92. The Hall–Kier alpha value is -5.96. The summed E-state index contributed by atoms with van der Waals surface area (Å²) in [5.74, 6) is -1.73. The number of nitrogens with two attached hydrogens (primary N) is 1. The maximum atomic E-state index is 14.4. The third-order valence-electron chi connectivity index (χ3n) is 16.0. The maximum absolute atomic E-state index is 14.4. The number of H-pyrrole nitrogens is 1. The number of aromatic amines is 1. The number of aliphatic hydroxyl groups is 7. The molecular formula is C57H52Cl5F3N10O13. The molecule has 9 aromatic rings. The number of benzene rings is 3. The Morgan fingerprint density at radius 2 is 0.886 bits per heavy atom. The van der Waals surface area contributed by atoms with Crippen molar-refractivity contribution in [2.24, 2.45) is 0 Å². The zero-order chi connectivity index (χ0) is 62.0. The van der Waals surface area contributed by atoms with E-state index < -0.39 is 109 Å². The molecule has 3 saturated heterocycles. The van der Waals surface area contributed by atoms with Crippen molar-refractivity contribution in [3.63, 3.8) is 0 Å². The second-order valence-corrected chi connectivity index (χ2v) is 23.2. The monoisotopic (exact) mass is 1320 g/mol. The van der Waals surface area contributed by atoms with E-state index >= 15 is 0 Å². The van der Waals surface area contributed by atoms with Crippen LogP contribution in [0.4, 0.5) is 19.0 Å². The molecule has 10 N–H and O–H groups in total. The molecule has 3 aromatic carbocycles. The lowest BCUT2D eigenvalue weighted by molar-refractivity contribution is -0.158. The molecule has 0 bridgehead atoms. The van der Waals surface area contributed by atoms with Crippen molar-refractivity contribution in [2.45, 2.75) is 111 Å². The van der Waals surface area contributed by atoms with Crippen molar-refractivity contribution in [1.29, 1.82) is 0 Å². The van der Waals surface area contributed by atoms with Crippen LogP contribution >= 0.6 is 58.0 Å². The first-order valence-electron chi connectivity index (χ1n) is 27.3. The molecule has 0 aliphatic carbocycles. The van der Waals surface area contributed by atoms with Crippen LogP contribution in [0.25, 0.3) is 33.1 Å². The topological polar surface area (TPSA) is 326 Å². The molecule has 12 heterocycles. The van der Waals surface area contributed by atoms with Crippen molar-refractivity contribution in [2.75, 3.05) is 25.6 Å². The summed E-state index contributed by atoms with van der Waals surface area (Å²) in [6.07, 6.45) is -6.19. The highest BCUT2D eigenvalue weighted by Gasteiger charge is 2.52. The fourth-order valence-corrected chi connectivity index (χ4v) is 12.8. The van der Waals surface area contributed by atoms with E-state index in [0.29, 0.717) is 53.4 Å². The molecular weight excluding hydrogens is 1270 g/mol. The number of rotatable bonds is 5. The molecule has 0 amide bonds. The highest BCUT2D eigenvalue weighted by molar-refractivity contribution is 6.34. The highest BCUT2D eigenvalue weighted by Crippen LogP contribution is 2.45. The molecule has 3 fully saturated rings. The number of nitrogens with one attached hydrogen (secondary N) is 1. The van der Waals surface area contributed by atoms with Crippen molar-refractivity contribution in [3.05, 3.63) is 168 Å². The number of nitrogen functional groups attached to an aromatic ring is 1. The standard InChI is InChI=1S/C19H16Cl2FN3O4.C19H18ClFN4O4.C13H15ClO5.C6H3ClFN3/c20-9-1-2-10-8(5-9)3-4-28-15(10)16-13(26)14(27)19(29-16)25-6-11(22)12-17(21)23-7-24-18(12)25;20-9-1-2-10-8(5-9)3-4-28-15(10)16-13(26)14(27)19(29-16)25-6-11(21)12-17(22)23-7-24-18(12)25;14-7-1-2-8-6(5-7)3-4-18-11(8)12-9(15)10(16)13(17)19-12;7-5-4-3(8)1-9-6(4)11-2-10-5/h1-2,5-7,13-16,19,26-27H,3-4H2;1-2,5-7,13-16,19,26-27H,3-4H2,(H2,22,23,24);1-2,5,9-13,15-17H,3-4H2;1-2H,(H,9,10,11)/t2*13-,14+,15+,16-,19+;9-,10+,11+,12-,13+;/m000./s1. The molecule has 0 unspecified atom stereocenters. The Kier molecular flexibility index (Phi) is 18.2. The van der Waals surface area contributed by atoms with Crippen molar-refractivity contribution in [1.82, 2.24) is 44.0 Å². The normalized spacial score (nSPS) is 28.9. The quantitative estimate of drug-likeness (QED) is 0.0810. The Balaban J connectivity index is 0.000000120. The number of hydrogen-bond acceptors (Lipinski definition) is 20. The van der Waals surface area contributed by atoms with E-state index in [1.807, 2.05) is 36.4 Å². The number of fused-ring (bicyclic) bond motifs is 6. The van der Waals surface area contributed by atoms with E-state index in [9.17, 15) is 48.9 Å². The van der Waals surface area contributed by atoms with Gasteiger partial charge in [-0.15, -0.1) is 0 Å². The minimum atomic E-state index is -1.39. The summed E-state index contributed by atoms with van der Waals surface area (Å²) in [6, 6.07) is 16.3. The van der Waals surface area contributed by atoms with Crippen molar-refractivity contribution in [3.8, 4) is 0 Å². The molecule has 6 aliphatic rings. The summed E-state index contributed by atoms with van der Waals surface area (Å²) in [7, 11) is 0. The van der Waals surface area contributed by atoms with Gasteiger partial charge in [0.1, 0.15) is 120 Å². The van der Waals surface area contributed by atoms with Gasteiger partial charge < -0.3 is 84.0 Å². The molecule has 6 aliphatic heterocycles. The number of nitrogens with zero attached hydrogens (tertiary/aromatic N) is 8. The average Bonchev–Trinajstić information content (AvgIpc) is 2.42. The van der Waals surface area contributed by atoms with Crippen LogP contribution in [0.2, 0.25) is 25.4 Å². The number of anilines is 1. The van der Waals surface area contributed by atoms with Gasteiger partial charge in [0.2, 0.25) is 0 Å². The molecule has 6 aromatic heterocycles. The second kappa shape index (κ2) is 25.7. The predicted molar refractivity (Wildman–Crippen MR) is 310 cm³/mol. The van der Waals surface area contributed by atoms with Gasteiger partial charge in [0.25, 0.3) is 0 Å². The fraction of sp³-hybridized carbons (Fsp3) is 0.368. The summed E-state index contributed by atoms with van der Waals surface area (Å²) in [5.41, 5.74) is 12.1. The average molecular weight is 1320 g/mol. The van der Waals surface area contributed by atoms with Crippen LogP contribution in [0.3, 0.4) is 0 Å². The second-order valence-electron chi connectivity index (χ2n) is 21.2. The third-order valence-corrected chi connectivity index (χ3v) is 17.3. The molecule has 23 nitrogen and oxygen atoms in total. The SMILES string of the molecule is Fc1c[nH]c2ncnc(Cl)c12.Nc1ncnc2c1c(F)cn2[C@@H]1O[C@H]([C@@H]2OCCc3cc(Cl)ccc32)[C@@H](O)[C@H]1O.O[C@@H]1[C@H](O)[C@@H]([C@@H]2OCCc3cc(Cl)ccc32)O[C@H]1O.O[C@@H]1[C@H](O)[C@@H]([C@@H]2OCCc3cc(Cl)ccc32)O[C@H]1n1cc(F)c2c(Cl)ncnc21. The zero-order valence-corrected chi connectivity index (χ0v) is 49.1. The summed E-state index contributed by atoms with van der Waals surface area (Å²) in [5, 5.41) is 74.0. The van der Waals surface area contributed by atoms with Crippen LogP contribution < -0.4 is 5.73 Å². The van der Waals surface area contributed by atoms with E-state index in [1.165, 1.54) is 34.3 Å². The summed E-state index contributed by atoms with van der Waals surface area (Å²) in [6.45, 7) is 1.34. The van der Waals surface area contributed by atoms with Gasteiger partial charge in [-0.25, -0.2) is 43.1 Å². The van der Waals surface area contributed by atoms with Crippen molar-refractivity contribution < 1.29 is 77.3 Å². The van der Waals surface area contributed by atoms with Crippen LogP contribution in [-0.2, 0) is 47.7 Å². The van der Waals surface area contributed by atoms with Gasteiger partial charge in [-0.2, -0.15) is 0 Å². The minimum Gasteiger partial charge on any atom is -0.387 e. The van der Waals surface area contributed by atoms with Gasteiger partial charge in [0.05, 0.1) is 36.0 Å². The van der Waals surface area contributed by atoms with Crippen LogP contribution in [0.1, 0.15) is 64.1 Å². The number of ether oxygens (including phenoxy) is 6. The van der Waals surface area contributed by atoms with Crippen LogP contribution in [0.5, 0.6) is 0 Å². The molecule has 15 rings (SSSR count). The van der Waals surface area contributed by atoms with Crippen LogP contribution in [0, 0.1) is 17.5 Å². The first kappa shape index (κ1) is 62.2. The fourth-order valence-electron chi connectivity index (χ4n) is 11.8. The number of aromatic nitrogens is 9. The number of aliphatic hydroxyl groups excluding tert-OH is 7. The predicted octanol–water partition coefficient (Wildman–Crippen LogP) is 6.69. The Labute approximate surface area is 520 Å². The summed E-state index contributed by atoms with van der Waals surface area (Å²) >= 11 is 29.7. The van der Waals surface area contributed by atoms with E-state index in [0.717, 1.165) is 52.2 Å². The third kappa shape index (κ3) is 11.8. The number of hydrogen-bond donors (Lipinski definition) is 9. The first-order chi connectivity index (χ1) is 42.3. The Bertz CT molecular complexity index is 3880. The van der Waals surface area contributed by atoms with Gasteiger partial charge in [0.15, 0.2) is 41.8 Å². The van der Waals surface area contributed by atoms with Crippen molar-refractivity contribution >= 4 is 96.9 Å². The highest BCUT2D eigenvalue weighted by atomic mass is 35.5. The first-order valence-corrected chi connectivity index (χ1v) is 29.2. The summed E-state index contributed by atoms with van der Waals surface area (Å²) in [4.78, 5) is 25.7. The summed E-state index contributed by atoms with van der Waals surface area (Å²) < 4.78 is 78.9.